The number of amides is 1. The lowest BCUT2D eigenvalue weighted by molar-refractivity contribution is -0.127. The molecule has 27 heavy (non-hydrogen) atoms. The van der Waals surface area contributed by atoms with Crippen LogP contribution >= 0.6 is 11.3 Å². The number of thiophene rings is 1. The minimum atomic E-state index is -0.0299. The van der Waals surface area contributed by atoms with Gasteiger partial charge in [0.2, 0.25) is 5.91 Å². The van der Waals surface area contributed by atoms with Gasteiger partial charge in [0.05, 0.1) is 12.6 Å². The van der Waals surface area contributed by atoms with Crippen molar-refractivity contribution >= 4 is 23.2 Å². The van der Waals surface area contributed by atoms with Crippen LogP contribution < -0.4 is 10.6 Å². The molecular formula is C18H27N7OS. The number of carbonyl (C=O) groups excluding carboxylic acids is 1. The third kappa shape index (κ3) is 5.06. The average molecular weight is 390 g/mol. The number of nitrogens with zero attached hydrogens (tertiary/aromatic N) is 5. The topological polar surface area (TPSA) is 87.4 Å². The molecule has 0 fully saturated rings. The van der Waals surface area contributed by atoms with Gasteiger partial charge in [0.15, 0.2) is 5.96 Å². The lowest BCUT2D eigenvalue weighted by Crippen LogP contribution is -2.48. The van der Waals surface area contributed by atoms with E-state index in [0.29, 0.717) is 5.96 Å². The molecule has 2 N–H and O–H groups in total. The Morgan fingerprint density at radius 1 is 1.52 bits per heavy atom. The van der Waals surface area contributed by atoms with E-state index in [1.54, 1.807) is 30.3 Å². The molecule has 3 rings (SSSR count). The number of likely N-dealkylation sites (N-methyl/N-ethyl adjacent to an activating group) is 1. The Balaban J connectivity index is 1.69. The van der Waals surface area contributed by atoms with E-state index in [-0.39, 0.29) is 24.5 Å². The second-order valence-corrected chi connectivity index (χ2v) is 7.95. The highest BCUT2D eigenvalue weighted by Gasteiger charge is 2.22. The summed E-state index contributed by atoms with van der Waals surface area (Å²) in [4.78, 5) is 23.7. The summed E-state index contributed by atoms with van der Waals surface area (Å²) in [5.41, 5.74) is 0. The summed E-state index contributed by atoms with van der Waals surface area (Å²) in [5, 5.41) is 13.4. The molecule has 146 valence electrons. The molecule has 2 unspecified atom stereocenters. The Kier molecular flexibility index (Phi) is 6.10. The van der Waals surface area contributed by atoms with Crippen LogP contribution in [0.2, 0.25) is 0 Å². The first-order valence-electron chi connectivity index (χ1n) is 9.13. The molecule has 9 heteroatoms. The lowest BCUT2D eigenvalue weighted by Gasteiger charge is -2.27. The molecule has 8 nitrogen and oxygen atoms in total. The second-order valence-electron chi connectivity index (χ2n) is 6.97. The van der Waals surface area contributed by atoms with E-state index in [4.69, 9.17) is 0 Å². The number of fused-ring (bicyclic) bond motifs is 1. The van der Waals surface area contributed by atoms with Gasteiger partial charge >= 0.3 is 0 Å². The summed E-state index contributed by atoms with van der Waals surface area (Å²) in [6.45, 7) is 4.86. The van der Waals surface area contributed by atoms with Crippen LogP contribution in [0.3, 0.4) is 0 Å². The molecule has 0 bridgehead atoms. The average Bonchev–Trinajstić information content (AvgIpc) is 3.27. The fourth-order valence-electron chi connectivity index (χ4n) is 2.98. The van der Waals surface area contributed by atoms with Crippen LogP contribution in [0.25, 0.3) is 0 Å². The molecule has 3 heterocycles. The second kappa shape index (κ2) is 8.51. The number of hydrogen-bond acceptors (Lipinski definition) is 5. The zero-order chi connectivity index (χ0) is 19.4. The van der Waals surface area contributed by atoms with Crippen LogP contribution in [0.5, 0.6) is 0 Å². The highest BCUT2D eigenvalue weighted by atomic mass is 32.1. The van der Waals surface area contributed by atoms with Crippen LogP contribution in [0.15, 0.2) is 22.5 Å². The Bertz CT molecular complexity index is 797. The fraction of sp³-hybridized carbons (Fsp3) is 0.556. The van der Waals surface area contributed by atoms with Crippen LogP contribution in [-0.4, -0.2) is 58.2 Å². The molecule has 0 saturated heterocycles. The summed E-state index contributed by atoms with van der Waals surface area (Å²) < 4.78 is 1.96. The highest BCUT2D eigenvalue weighted by molar-refractivity contribution is 7.10. The predicted molar refractivity (Wildman–Crippen MR) is 107 cm³/mol. The molecule has 1 aliphatic rings. The summed E-state index contributed by atoms with van der Waals surface area (Å²) in [5.74, 6) is 2.46. The molecular weight excluding hydrogens is 362 g/mol. The fourth-order valence-corrected chi connectivity index (χ4v) is 3.71. The van der Waals surface area contributed by atoms with Crippen molar-refractivity contribution in [2.24, 2.45) is 4.99 Å². The molecule has 2 atom stereocenters. The number of aryl methyl sites for hydroxylation is 2. The number of guanidine groups is 1. The number of rotatable bonds is 5. The van der Waals surface area contributed by atoms with E-state index in [1.807, 2.05) is 17.7 Å². The van der Waals surface area contributed by atoms with Gasteiger partial charge in [-0.15, -0.1) is 11.3 Å². The number of aromatic nitrogens is 3. The third-order valence-corrected chi connectivity index (χ3v) is 5.55. The lowest BCUT2D eigenvalue weighted by atomic mass is 10.1. The van der Waals surface area contributed by atoms with E-state index in [2.05, 4.69) is 44.1 Å². The van der Waals surface area contributed by atoms with Crippen molar-refractivity contribution in [3.63, 3.8) is 0 Å². The van der Waals surface area contributed by atoms with Crippen molar-refractivity contribution in [2.75, 3.05) is 20.6 Å². The minimum absolute atomic E-state index is 0.0299. The van der Waals surface area contributed by atoms with E-state index in [0.717, 1.165) is 31.0 Å². The van der Waals surface area contributed by atoms with Gasteiger partial charge < -0.3 is 15.5 Å². The SMILES string of the molecule is Cc1nc2n(n1)CC(NC(=NCC(=O)N(C)C)NC(C)c1cccs1)CC2. The number of carbonyl (C=O) groups is 1. The van der Waals surface area contributed by atoms with Gasteiger partial charge in [-0.1, -0.05) is 6.07 Å². The van der Waals surface area contributed by atoms with E-state index < -0.39 is 0 Å². The number of hydrogen-bond donors (Lipinski definition) is 2. The van der Waals surface area contributed by atoms with Gasteiger partial charge in [-0.3, -0.25) is 4.79 Å². The normalized spacial score (nSPS) is 17.9. The van der Waals surface area contributed by atoms with Crippen molar-refractivity contribution in [3.8, 4) is 0 Å². The van der Waals surface area contributed by atoms with Gasteiger partial charge in [-0.25, -0.2) is 14.7 Å². The van der Waals surface area contributed by atoms with Crippen LogP contribution in [0, 0.1) is 6.92 Å². The predicted octanol–water partition coefficient (Wildman–Crippen LogP) is 1.35. The zero-order valence-electron chi connectivity index (χ0n) is 16.3. The quantitative estimate of drug-likeness (QED) is 0.595. The minimum Gasteiger partial charge on any atom is -0.352 e. The summed E-state index contributed by atoms with van der Waals surface area (Å²) in [6.07, 6.45) is 1.83. The third-order valence-electron chi connectivity index (χ3n) is 4.50. The molecule has 0 aromatic carbocycles. The van der Waals surface area contributed by atoms with Gasteiger partial charge in [0, 0.05) is 31.4 Å². The largest absolute Gasteiger partial charge is 0.352 e. The first kappa shape index (κ1) is 19.3. The Morgan fingerprint density at radius 2 is 2.33 bits per heavy atom. The molecule has 2 aromatic heterocycles. The standard InChI is InChI=1S/C18H27N7OS/c1-12(15-6-5-9-27-15)20-18(19-10-17(26)24(3)4)22-14-7-8-16-21-13(2)23-25(16)11-14/h5-6,9,12,14H,7-8,10-11H2,1-4H3,(H2,19,20,22). The van der Waals surface area contributed by atoms with Crippen LogP contribution in [-0.2, 0) is 17.8 Å². The molecule has 0 saturated carbocycles. The number of aliphatic imine (C=N–C) groups is 1. The molecule has 0 spiro atoms. The maximum Gasteiger partial charge on any atom is 0.243 e. The first-order valence-corrected chi connectivity index (χ1v) is 10.0. The van der Waals surface area contributed by atoms with Crippen LogP contribution in [0.4, 0.5) is 0 Å². The summed E-state index contributed by atoms with van der Waals surface area (Å²) >= 11 is 1.70. The van der Waals surface area contributed by atoms with Crippen molar-refractivity contribution in [1.29, 1.82) is 0 Å². The molecule has 0 radical (unpaired) electrons. The summed E-state index contributed by atoms with van der Waals surface area (Å²) in [6, 6.07) is 4.43. The highest BCUT2D eigenvalue weighted by Crippen LogP contribution is 2.18. The Hall–Kier alpha value is -2.42. The maximum absolute atomic E-state index is 12.0. The monoisotopic (exact) mass is 389 g/mol. The van der Waals surface area contributed by atoms with E-state index in [9.17, 15) is 4.79 Å². The molecule has 1 amide bonds. The smallest absolute Gasteiger partial charge is 0.243 e. The number of nitrogens with one attached hydrogen (secondary N) is 2. The van der Waals surface area contributed by atoms with E-state index in [1.165, 1.54) is 4.88 Å². The van der Waals surface area contributed by atoms with Crippen molar-refractivity contribution in [2.45, 2.75) is 45.3 Å². The van der Waals surface area contributed by atoms with Crippen LogP contribution in [0.1, 0.15) is 35.9 Å². The van der Waals surface area contributed by atoms with Crippen molar-refractivity contribution in [1.82, 2.24) is 30.3 Å². The maximum atomic E-state index is 12.0. The van der Waals surface area contributed by atoms with Gasteiger partial charge in [-0.05, 0) is 31.7 Å². The summed E-state index contributed by atoms with van der Waals surface area (Å²) in [7, 11) is 3.48. The van der Waals surface area contributed by atoms with Gasteiger partial charge in [0.1, 0.15) is 18.2 Å². The van der Waals surface area contributed by atoms with E-state index >= 15 is 0 Å². The molecule has 1 aliphatic heterocycles. The van der Waals surface area contributed by atoms with Crippen molar-refractivity contribution in [3.05, 3.63) is 34.0 Å². The Labute approximate surface area is 163 Å². The molecule has 0 aliphatic carbocycles. The van der Waals surface area contributed by atoms with Gasteiger partial charge in [0.25, 0.3) is 0 Å². The zero-order valence-corrected chi connectivity index (χ0v) is 17.1. The van der Waals surface area contributed by atoms with Crippen molar-refractivity contribution < 1.29 is 4.79 Å². The molecule has 2 aromatic rings. The first-order chi connectivity index (χ1) is 12.9. The van der Waals surface area contributed by atoms with Gasteiger partial charge in [-0.2, -0.15) is 5.10 Å². The Morgan fingerprint density at radius 3 is 3.04 bits per heavy atom.